The summed E-state index contributed by atoms with van der Waals surface area (Å²) in [5.74, 6) is 0.342. The van der Waals surface area contributed by atoms with Crippen molar-refractivity contribution in [2.24, 2.45) is 0 Å². The van der Waals surface area contributed by atoms with Gasteiger partial charge < -0.3 is 10.4 Å². The van der Waals surface area contributed by atoms with Gasteiger partial charge in [-0.15, -0.1) is 0 Å². The van der Waals surface area contributed by atoms with E-state index in [4.69, 9.17) is 5.11 Å². The first-order valence-corrected chi connectivity index (χ1v) is 6.10. The summed E-state index contributed by atoms with van der Waals surface area (Å²) in [6.45, 7) is 6.15. The average Bonchev–Trinajstić information content (AvgIpc) is 2.35. The molecule has 1 aromatic rings. The fourth-order valence-electron chi connectivity index (χ4n) is 1.56. The number of rotatable bonds is 5. The third-order valence-electron chi connectivity index (χ3n) is 2.89. The Kier molecular flexibility index (Phi) is 5.16. The van der Waals surface area contributed by atoms with Gasteiger partial charge in [0, 0.05) is 5.56 Å². The Hall–Kier alpha value is -1.35. The highest BCUT2D eigenvalue weighted by Gasteiger charge is 2.11. The van der Waals surface area contributed by atoms with Crippen molar-refractivity contribution in [1.29, 1.82) is 0 Å². The molecule has 1 rings (SSSR count). The molecule has 2 N–H and O–H groups in total. The van der Waals surface area contributed by atoms with Crippen LogP contribution in [0.4, 0.5) is 0 Å². The summed E-state index contributed by atoms with van der Waals surface area (Å²) in [6, 6.07) is 7.44. The van der Waals surface area contributed by atoms with E-state index < -0.39 is 0 Å². The minimum atomic E-state index is -0.160. The first-order chi connectivity index (χ1) is 8.08. The number of hydrogen-bond donors (Lipinski definition) is 2. The van der Waals surface area contributed by atoms with Crippen LogP contribution in [0.2, 0.25) is 0 Å². The molecule has 17 heavy (non-hydrogen) atoms. The molecule has 1 aromatic carbocycles. The highest BCUT2D eigenvalue weighted by molar-refractivity contribution is 5.94. The lowest BCUT2D eigenvalue weighted by atomic mass is 10.0. The van der Waals surface area contributed by atoms with Crippen LogP contribution in [0.25, 0.3) is 0 Å². The number of aliphatic hydroxyl groups excluding tert-OH is 1. The van der Waals surface area contributed by atoms with Crippen molar-refractivity contribution in [2.45, 2.75) is 39.2 Å². The van der Waals surface area contributed by atoms with E-state index in [1.165, 1.54) is 5.56 Å². The van der Waals surface area contributed by atoms with Gasteiger partial charge in [0.1, 0.15) is 0 Å². The average molecular weight is 235 g/mol. The maximum Gasteiger partial charge on any atom is 0.251 e. The second-order valence-corrected chi connectivity index (χ2v) is 4.54. The smallest absolute Gasteiger partial charge is 0.251 e. The largest absolute Gasteiger partial charge is 0.394 e. The van der Waals surface area contributed by atoms with E-state index in [1.54, 1.807) is 0 Å². The normalized spacial score (nSPS) is 12.5. The lowest BCUT2D eigenvalue weighted by Crippen LogP contribution is -2.36. The van der Waals surface area contributed by atoms with Gasteiger partial charge in [-0.1, -0.05) is 32.9 Å². The molecule has 0 radical (unpaired) electrons. The van der Waals surface area contributed by atoms with E-state index in [9.17, 15) is 4.79 Å². The zero-order valence-electron chi connectivity index (χ0n) is 10.7. The lowest BCUT2D eigenvalue weighted by molar-refractivity contribution is 0.0915. The monoisotopic (exact) mass is 235 g/mol. The van der Waals surface area contributed by atoms with Crippen LogP contribution in [0.15, 0.2) is 24.3 Å². The number of benzene rings is 1. The maximum absolute atomic E-state index is 11.8. The molecule has 0 spiro atoms. The minimum absolute atomic E-state index is 0.0215. The lowest BCUT2D eigenvalue weighted by Gasteiger charge is -2.14. The zero-order chi connectivity index (χ0) is 12.8. The molecule has 1 atom stereocenters. The number of carbonyl (C=O) groups excluding carboxylic acids is 1. The molecule has 94 valence electrons. The van der Waals surface area contributed by atoms with Crippen LogP contribution in [0.1, 0.15) is 49.0 Å². The summed E-state index contributed by atoms with van der Waals surface area (Å²) in [4.78, 5) is 11.8. The quantitative estimate of drug-likeness (QED) is 0.822. The van der Waals surface area contributed by atoms with Gasteiger partial charge in [-0.3, -0.25) is 4.79 Å². The number of amides is 1. The molecule has 1 amide bonds. The van der Waals surface area contributed by atoms with E-state index in [0.29, 0.717) is 11.5 Å². The first-order valence-electron chi connectivity index (χ1n) is 6.10. The molecule has 0 heterocycles. The Morgan fingerprint density at radius 1 is 1.29 bits per heavy atom. The standard InChI is InChI=1S/C14H21NO2/c1-4-13(9-16)15-14(17)12-7-5-11(6-8-12)10(2)3/h5-8,10,13,16H,4,9H2,1-3H3,(H,15,17). The summed E-state index contributed by atoms with van der Waals surface area (Å²) < 4.78 is 0. The van der Waals surface area contributed by atoms with Gasteiger partial charge in [0.2, 0.25) is 0 Å². The van der Waals surface area contributed by atoms with Gasteiger partial charge in [0.05, 0.1) is 12.6 Å². The summed E-state index contributed by atoms with van der Waals surface area (Å²) in [5.41, 5.74) is 1.86. The first kappa shape index (κ1) is 13.7. The molecular weight excluding hydrogens is 214 g/mol. The van der Waals surface area contributed by atoms with Crippen molar-refractivity contribution in [3.8, 4) is 0 Å². The van der Waals surface area contributed by atoms with Crippen LogP contribution in [0.3, 0.4) is 0 Å². The van der Waals surface area contributed by atoms with E-state index >= 15 is 0 Å². The van der Waals surface area contributed by atoms with E-state index in [2.05, 4.69) is 19.2 Å². The Morgan fingerprint density at radius 3 is 2.29 bits per heavy atom. The van der Waals surface area contributed by atoms with E-state index in [-0.39, 0.29) is 18.6 Å². The number of nitrogens with one attached hydrogen (secondary N) is 1. The summed E-state index contributed by atoms with van der Waals surface area (Å²) in [7, 11) is 0. The molecule has 1 unspecified atom stereocenters. The highest BCUT2D eigenvalue weighted by Crippen LogP contribution is 2.14. The summed E-state index contributed by atoms with van der Waals surface area (Å²) in [6.07, 6.45) is 0.728. The molecule has 0 aliphatic heterocycles. The maximum atomic E-state index is 11.8. The third kappa shape index (κ3) is 3.86. The fraction of sp³-hybridized carbons (Fsp3) is 0.500. The summed E-state index contributed by atoms with van der Waals surface area (Å²) in [5, 5.41) is 11.8. The molecule has 0 saturated heterocycles. The minimum Gasteiger partial charge on any atom is -0.394 e. The second kappa shape index (κ2) is 6.40. The Bertz CT molecular complexity index is 353. The van der Waals surface area contributed by atoms with Crippen molar-refractivity contribution in [2.75, 3.05) is 6.61 Å². The molecule has 0 aliphatic carbocycles. The van der Waals surface area contributed by atoms with Crippen LogP contribution < -0.4 is 5.32 Å². The molecule has 0 aliphatic rings. The van der Waals surface area contributed by atoms with Crippen LogP contribution in [-0.4, -0.2) is 23.7 Å². The Labute approximate surface area is 103 Å². The molecule has 3 nitrogen and oxygen atoms in total. The third-order valence-corrected chi connectivity index (χ3v) is 2.89. The highest BCUT2D eigenvalue weighted by atomic mass is 16.3. The van der Waals surface area contributed by atoms with Crippen LogP contribution >= 0.6 is 0 Å². The van der Waals surface area contributed by atoms with Crippen molar-refractivity contribution in [3.05, 3.63) is 35.4 Å². The SMILES string of the molecule is CCC(CO)NC(=O)c1ccc(C(C)C)cc1. The molecule has 0 aromatic heterocycles. The topological polar surface area (TPSA) is 49.3 Å². The van der Waals surface area contributed by atoms with E-state index in [1.807, 2.05) is 31.2 Å². The second-order valence-electron chi connectivity index (χ2n) is 4.54. The fourth-order valence-corrected chi connectivity index (χ4v) is 1.56. The zero-order valence-corrected chi connectivity index (χ0v) is 10.7. The van der Waals surface area contributed by atoms with E-state index in [0.717, 1.165) is 6.42 Å². The molecule has 0 fully saturated rings. The van der Waals surface area contributed by atoms with Crippen molar-refractivity contribution >= 4 is 5.91 Å². The van der Waals surface area contributed by atoms with Crippen molar-refractivity contribution in [1.82, 2.24) is 5.32 Å². The summed E-state index contributed by atoms with van der Waals surface area (Å²) >= 11 is 0. The van der Waals surface area contributed by atoms with Gasteiger partial charge >= 0.3 is 0 Å². The number of hydrogen-bond acceptors (Lipinski definition) is 2. The molecule has 0 saturated carbocycles. The van der Waals surface area contributed by atoms with Gasteiger partial charge in [0.25, 0.3) is 5.91 Å². The molecule has 3 heteroatoms. The van der Waals surface area contributed by atoms with Gasteiger partial charge in [-0.05, 0) is 30.0 Å². The predicted octanol–water partition coefficient (Wildman–Crippen LogP) is 2.31. The van der Waals surface area contributed by atoms with Gasteiger partial charge in [-0.2, -0.15) is 0 Å². The number of aliphatic hydroxyl groups is 1. The van der Waals surface area contributed by atoms with Crippen LogP contribution in [-0.2, 0) is 0 Å². The van der Waals surface area contributed by atoms with Crippen molar-refractivity contribution in [3.63, 3.8) is 0 Å². The van der Waals surface area contributed by atoms with Gasteiger partial charge in [-0.25, -0.2) is 0 Å². The number of carbonyl (C=O) groups is 1. The molecular formula is C14H21NO2. The van der Waals surface area contributed by atoms with Gasteiger partial charge in [0.15, 0.2) is 0 Å². The van der Waals surface area contributed by atoms with Crippen LogP contribution in [0.5, 0.6) is 0 Å². The Morgan fingerprint density at radius 2 is 1.88 bits per heavy atom. The van der Waals surface area contributed by atoms with Crippen molar-refractivity contribution < 1.29 is 9.90 Å². The Balaban J connectivity index is 2.69. The van der Waals surface area contributed by atoms with Crippen LogP contribution in [0, 0.1) is 0 Å². The predicted molar refractivity (Wildman–Crippen MR) is 69.2 cm³/mol. The molecule has 0 bridgehead atoms.